The van der Waals surface area contributed by atoms with Crippen LogP contribution in [0.15, 0.2) is 30.9 Å². The normalized spacial score (nSPS) is 11.9. The number of aliphatic hydroxyl groups excluding tert-OH is 1. The average Bonchev–Trinajstić information content (AvgIpc) is 2.38. The molecule has 0 unspecified atom stereocenters. The molecule has 0 aliphatic heterocycles. The molecule has 0 amide bonds. The summed E-state index contributed by atoms with van der Waals surface area (Å²) in [6.45, 7) is 4.17. The van der Waals surface area contributed by atoms with Crippen LogP contribution in [0, 0.1) is 0 Å². The lowest BCUT2D eigenvalue weighted by molar-refractivity contribution is 0.0323. The summed E-state index contributed by atoms with van der Waals surface area (Å²) >= 11 is 0. The summed E-state index contributed by atoms with van der Waals surface area (Å²) in [5.74, 6) is 1.50. The zero-order valence-electron chi connectivity index (χ0n) is 10.9. The fourth-order valence-electron chi connectivity index (χ4n) is 1.57. The van der Waals surface area contributed by atoms with Crippen LogP contribution in [0.4, 0.5) is 0 Å². The Hall–Kier alpha value is -1.52. The first-order chi connectivity index (χ1) is 8.71. The van der Waals surface area contributed by atoms with Crippen LogP contribution in [0.2, 0.25) is 0 Å². The number of hydrogen-bond donors (Lipinski definition) is 1. The van der Waals surface area contributed by atoms with Crippen LogP contribution in [0.25, 0.3) is 0 Å². The molecule has 18 heavy (non-hydrogen) atoms. The summed E-state index contributed by atoms with van der Waals surface area (Å²) in [5, 5.41) is 9.54. The molecule has 1 rings (SSSR count). The van der Waals surface area contributed by atoms with Crippen molar-refractivity contribution in [2.45, 2.75) is 12.5 Å². The van der Waals surface area contributed by atoms with Gasteiger partial charge in [-0.2, -0.15) is 0 Å². The Labute approximate surface area is 108 Å². The van der Waals surface area contributed by atoms with Gasteiger partial charge in [0, 0.05) is 12.7 Å². The molecule has 0 aliphatic carbocycles. The SMILES string of the molecule is C=CCc1cc(OC)ccc1OC[C@@H](O)COC. The second kappa shape index (κ2) is 7.74. The van der Waals surface area contributed by atoms with Crippen molar-refractivity contribution in [1.82, 2.24) is 0 Å². The van der Waals surface area contributed by atoms with Crippen molar-refractivity contribution in [2.24, 2.45) is 0 Å². The van der Waals surface area contributed by atoms with Gasteiger partial charge in [-0.25, -0.2) is 0 Å². The molecule has 0 aliphatic rings. The van der Waals surface area contributed by atoms with Gasteiger partial charge in [-0.05, 0) is 24.6 Å². The number of allylic oxidation sites excluding steroid dienone is 1. The maximum absolute atomic E-state index is 9.54. The molecule has 0 fully saturated rings. The largest absolute Gasteiger partial charge is 0.497 e. The van der Waals surface area contributed by atoms with Crippen molar-refractivity contribution >= 4 is 0 Å². The van der Waals surface area contributed by atoms with Gasteiger partial charge in [0.2, 0.25) is 0 Å². The molecule has 0 radical (unpaired) electrons. The smallest absolute Gasteiger partial charge is 0.123 e. The van der Waals surface area contributed by atoms with Crippen molar-refractivity contribution in [1.29, 1.82) is 0 Å². The highest BCUT2D eigenvalue weighted by Gasteiger charge is 2.08. The van der Waals surface area contributed by atoms with E-state index in [-0.39, 0.29) is 13.2 Å². The maximum atomic E-state index is 9.54. The van der Waals surface area contributed by atoms with Crippen LogP contribution in [-0.2, 0) is 11.2 Å². The van der Waals surface area contributed by atoms with Crippen LogP contribution in [0.5, 0.6) is 11.5 Å². The van der Waals surface area contributed by atoms with Crippen LogP contribution in [-0.4, -0.2) is 38.6 Å². The molecule has 0 saturated carbocycles. The summed E-state index contributed by atoms with van der Waals surface area (Å²) in [5.41, 5.74) is 0.981. The Balaban J connectivity index is 2.71. The lowest BCUT2D eigenvalue weighted by Crippen LogP contribution is -2.22. The Bertz CT molecular complexity index is 376. The van der Waals surface area contributed by atoms with E-state index in [2.05, 4.69) is 6.58 Å². The molecule has 1 N–H and O–H groups in total. The van der Waals surface area contributed by atoms with E-state index >= 15 is 0 Å². The van der Waals surface area contributed by atoms with Gasteiger partial charge in [0.1, 0.15) is 24.2 Å². The van der Waals surface area contributed by atoms with Gasteiger partial charge in [0.25, 0.3) is 0 Å². The van der Waals surface area contributed by atoms with Gasteiger partial charge in [0.05, 0.1) is 13.7 Å². The molecule has 4 heteroatoms. The quantitative estimate of drug-likeness (QED) is 0.717. The van der Waals surface area contributed by atoms with E-state index in [9.17, 15) is 5.11 Å². The van der Waals surface area contributed by atoms with Crippen LogP contribution < -0.4 is 9.47 Å². The number of aliphatic hydroxyl groups is 1. The van der Waals surface area contributed by atoms with E-state index < -0.39 is 6.10 Å². The molecule has 1 aromatic rings. The summed E-state index contributed by atoms with van der Waals surface area (Å²) < 4.78 is 15.6. The van der Waals surface area contributed by atoms with Gasteiger partial charge in [-0.15, -0.1) is 6.58 Å². The lowest BCUT2D eigenvalue weighted by atomic mass is 10.1. The van der Waals surface area contributed by atoms with Crippen molar-refractivity contribution < 1.29 is 19.3 Å². The van der Waals surface area contributed by atoms with E-state index in [4.69, 9.17) is 14.2 Å². The molecule has 0 aromatic heterocycles. The van der Waals surface area contributed by atoms with Gasteiger partial charge < -0.3 is 19.3 Å². The third kappa shape index (κ3) is 4.39. The highest BCUT2D eigenvalue weighted by atomic mass is 16.5. The molecule has 1 aromatic carbocycles. The minimum Gasteiger partial charge on any atom is -0.497 e. The maximum Gasteiger partial charge on any atom is 0.123 e. The Kier molecular flexibility index (Phi) is 6.25. The fraction of sp³-hybridized carbons (Fsp3) is 0.429. The Morgan fingerprint density at radius 3 is 2.72 bits per heavy atom. The molecule has 0 spiro atoms. The van der Waals surface area contributed by atoms with E-state index in [0.717, 1.165) is 17.1 Å². The summed E-state index contributed by atoms with van der Waals surface area (Å²) in [6.07, 6.45) is 1.86. The molecule has 0 bridgehead atoms. The minimum absolute atomic E-state index is 0.199. The predicted molar refractivity (Wildman–Crippen MR) is 70.3 cm³/mol. The van der Waals surface area contributed by atoms with Crippen LogP contribution >= 0.6 is 0 Å². The first kappa shape index (κ1) is 14.5. The van der Waals surface area contributed by atoms with E-state index in [1.807, 2.05) is 18.2 Å². The summed E-state index contributed by atoms with van der Waals surface area (Å²) in [7, 11) is 3.16. The topological polar surface area (TPSA) is 47.9 Å². The standard InChI is InChI=1S/C14H20O4/c1-4-5-11-8-13(17-3)6-7-14(11)18-10-12(15)9-16-2/h4,6-8,12,15H,1,5,9-10H2,2-3H3/t12-/m0/s1. The van der Waals surface area contributed by atoms with Crippen molar-refractivity contribution in [2.75, 3.05) is 27.4 Å². The number of benzene rings is 1. The van der Waals surface area contributed by atoms with Gasteiger partial charge >= 0.3 is 0 Å². The first-order valence-corrected chi connectivity index (χ1v) is 5.78. The van der Waals surface area contributed by atoms with E-state index in [1.165, 1.54) is 0 Å². The van der Waals surface area contributed by atoms with Gasteiger partial charge in [-0.3, -0.25) is 0 Å². The van der Waals surface area contributed by atoms with Crippen LogP contribution in [0.1, 0.15) is 5.56 Å². The second-order valence-corrected chi connectivity index (χ2v) is 3.89. The second-order valence-electron chi connectivity index (χ2n) is 3.89. The predicted octanol–water partition coefficient (Wildman–Crippen LogP) is 1.81. The van der Waals surface area contributed by atoms with Crippen molar-refractivity contribution in [3.05, 3.63) is 36.4 Å². The van der Waals surface area contributed by atoms with Crippen LogP contribution in [0.3, 0.4) is 0 Å². The van der Waals surface area contributed by atoms with Gasteiger partial charge in [-0.1, -0.05) is 6.08 Å². The molecular formula is C14H20O4. The lowest BCUT2D eigenvalue weighted by Gasteiger charge is -2.14. The molecule has 0 saturated heterocycles. The summed E-state index contributed by atoms with van der Waals surface area (Å²) in [6, 6.07) is 5.56. The monoisotopic (exact) mass is 252 g/mol. The average molecular weight is 252 g/mol. The van der Waals surface area contributed by atoms with Gasteiger partial charge in [0.15, 0.2) is 0 Å². The Morgan fingerprint density at radius 2 is 2.11 bits per heavy atom. The van der Waals surface area contributed by atoms with Crippen molar-refractivity contribution in [3.63, 3.8) is 0 Å². The summed E-state index contributed by atoms with van der Waals surface area (Å²) in [4.78, 5) is 0. The number of rotatable bonds is 8. The highest BCUT2D eigenvalue weighted by Crippen LogP contribution is 2.25. The molecule has 100 valence electrons. The van der Waals surface area contributed by atoms with Crippen molar-refractivity contribution in [3.8, 4) is 11.5 Å². The van der Waals surface area contributed by atoms with E-state index in [1.54, 1.807) is 20.3 Å². The fourth-order valence-corrected chi connectivity index (χ4v) is 1.57. The zero-order chi connectivity index (χ0) is 13.4. The Morgan fingerprint density at radius 1 is 1.33 bits per heavy atom. The third-order valence-electron chi connectivity index (χ3n) is 2.42. The molecule has 1 atom stereocenters. The minimum atomic E-state index is -0.631. The highest BCUT2D eigenvalue weighted by molar-refractivity contribution is 5.41. The zero-order valence-corrected chi connectivity index (χ0v) is 10.9. The first-order valence-electron chi connectivity index (χ1n) is 5.78. The number of methoxy groups -OCH3 is 2. The molecule has 0 heterocycles. The third-order valence-corrected chi connectivity index (χ3v) is 2.42. The number of hydrogen-bond acceptors (Lipinski definition) is 4. The van der Waals surface area contributed by atoms with E-state index in [0.29, 0.717) is 6.42 Å². The molecular weight excluding hydrogens is 232 g/mol. The molecule has 4 nitrogen and oxygen atoms in total. The number of ether oxygens (including phenoxy) is 3.